The van der Waals surface area contributed by atoms with Crippen LogP contribution in [0.5, 0.6) is 0 Å². The van der Waals surface area contributed by atoms with Gasteiger partial charge in [-0.3, -0.25) is 9.59 Å². The third-order valence-corrected chi connectivity index (χ3v) is 4.81. The summed E-state index contributed by atoms with van der Waals surface area (Å²) in [5.41, 5.74) is 5.02. The summed E-state index contributed by atoms with van der Waals surface area (Å²) in [6.07, 6.45) is 0. The van der Waals surface area contributed by atoms with Crippen LogP contribution in [-0.2, 0) is 4.79 Å². The molecule has 1 heterocycles. The molecule has 0 aliphatic rings. The average molecular weight is 410 g/mol. The molecule has 0 unspecified atom stereocenters. The highest BCUT2D eigenvalue weighted by molar-refractivity contribution is 6.11. The van der Waals surface area contributed by atoms with Crippen LogP contribution in [0.15, 0.2) is 65.2 Å². The first-order valence-electron chi connectivity index (χ1n) is 9.54. The van der Waals surface area contributed by atoms with Gasteiger partial charge in [0.2, 0.25) is 5.91 Å². The van der Waals surface area contributed by atoms with Gasteiger partial charge in [0.25, 0.3) is 5.91 Å². The fourth-order valence-corrected chi connectivity index (χ4v) is 3.32. The molecule has 0 spiro atoms. The number of nitriles is 1. The Morgan fingerprint density at radius 1 is 1.00 bits per heavy atom. The van der Waals surface area contributed by atoms with E-state index in [1.54, 1.807) is 30.3 Å². The van der Waals surface area contributed by atoms with Gasteiger partial charge in [-0.2, -0.15) is 5.26 Å². The van der Waals surface area contributed by atoms with Crippen molar-refractivity contribution in [2.24, 2.45) is 0 Å². The second-order valence-corrected chi connectivity index (χ2v) is 7.10. The molecule has 2 amide bonds. The number of aromatic nitrogens is 1. The van der Waals surface area contributed by atoms with E-state index in [0.29, 0.717) is 27.9 Å². The van der Waals surface area contributed by atoms with Gasteiger partial charge < -0.3 is 15.2 Å². The second-order valence-electron chi connectivity index (χ2n) is 7.10. The first-order valence-corrected chi connectivity index (χ1v) is 9.54. The number of nitrogens with zero attached hydrogens (tertiary/aromatic N) is 2. The summed E-state index contributed by atoms with van der Waals surface area (Å²) in [6.45, 7) is 3.28. The minimum atomic E-state index is -0.396. The number of rotatable bonds is 4. The van der Waals surface area contributed by atoms with Crippen molar-refractivity contribution >= 4 is 34.2 Å². The fourth-order valence-electron chi connectivity index (χ4n) is 3.32. The number of hydrogen-bond acceptors (Lipinski definition) is 5. The van der Waals surface area contributed by atoms with E-state index in [2.05, 4.69) is 21.9 Å². The molecule has 7 heteroatoms. The van der Waals surface area contributed by atoms with E-state index in [0.717, 1.165) is 16.7 Å². The van der Waals surface area contributed by atoms with Gasteiger partial charge in [0, 0.05) is 18.3 Å². The van der Waals surface area contributed by atoms with E-state index in [1.807, 2.05) is 37.3 Å². The molecular formula is C24H18N4O3. The fraction of sp³-hybridized carbons (Fsp3) is 0.0833. The smallest absolute Gasteiger partial charge is 0.278 e. The van der Waals surface area contributed by atoms with Crippen LogP contribution in [0, 0.1) is 18.3 Å². The molecule has 0 atom stereocenters. The molecule has 0 bridgehead atoms. The van der Waals surface area contributed by atoms with Gasteiger partial charge in [0.1, 0.15) is 0 Å². The normalized spacial score (nSPS) is 10.5. The number of benzene rings is 3. The Morgan fingerprint density at radius 2 is 1.81 bits per heavy atom. The van der Waals surface area contributed by atoms with Crippen LogP contribution < -0.4 is 10.6 Å². The van der Waals surface area contributed by atoms with Crippen LogP contribution in [0.4, 0.5) is 11.4 Å². The van der Waals surface area contributed by atoms with Gasteiger partial charge in [0.15, 0.2) is 11.3 Å². The Morgan fingerprint density at radius 3 is 2.55 bits per heavy atom. The molecule has 1 aromatic heterocycles. The molecule has 0 aliphatic heterocycles. The van der Waals surface area contributed by atoms with Crippen molar-refractivity contribution in [3.05, 3.63) is 77.5 Å². The number of carbonyl (C=O) groups excluding carboxylic acids is 2. The molecule has 0 fully saturated rings. The highest BCUT2D eigenvalue weighted by Crippen LogP contribution is 2.28. The number of fused-ring (bicyclic) bond motifs is 1. The SMILES string of the molecule is CC(=O)Nc1cccc(-c2ccc3c(C(=O)Nc4ccc(C#N)cc4C)noc3c2)c1. The minimum Gasteiger partial charge on any atom is -0.355 e. The van der Waals surface area contributed by atoms with Gasteiger partial charge in [-0.25, -0.2) is 0 Å². The molecule has 0 saturated carbocycles. The summed E-state index contributed by atoms with van der Waals surface area (Å²) in [5, 5.41) is 19.1. The predicted octanol–water partition coefficient (Wildman–Crippen LogP) is 4.89. The number of hydrogen-bond donors (Lipinski definition) is 2. The largest absolute Gasteiger partial charge is 0.355 e. The van der Waals surface area contributed by atoms with Gasteiger partial charge in [-0.15, -0.1) is 0 Å². The summed E-state index contributed by atoms with van der Waals surface area (Å²) < 4.78 is 5.41. The van der Waals surface area contributed by atoms with Crippen LogP contribution in [0.25, 0.3) is 22.1 Å². The first kappa shape index (κ1) is 19.9. The lowest BCUT2D eigenvalue weighted by Crippen LogP contribution is -2.13. The summed E-state index contributed by atoms with van der Waals surface area (Å²) in [4.78, 5) is 24.1. The molecule has 4 rings (SSSR count). The van der Waals surface area contributed by atoms with E-state index < -0.39 is 5.91 Å². The third-order valence-electron chi connectivity index (χ3n) is 4.81. The standard InChI is InChI=1S/C24H18N4O3/c1-14-10-16(13-25)6-9-21(14)27-24(30)23-20-8-7-18(12-22(20)31-28-23)17-4-3-5-19(11-17)26-15(2)29/h3-12H,1-2H3,(H,26,29)(H,27,30). The van der Waals surface area contributed by atoms with E-state index in [9.17, 15) is 9.59 Å². The molecule has 31 heavy (non-hydrogen) atoms. The van der Waals surface area contributed by atoms with Crippen LogP contribution in [0.3, 0.4) is 0 Å². The van der Waals surface area contributed by atoms with E-state index in [-0.39, 0.29) is 11.6 Å². The van der Waals surface area contributed by atoms with Gasteiger partial charge in [-0.05, 0) is 66.1 Å². The van der Waals surface area contributed by atoms with Gasteiger partial charge in [-0.1, -0.05) is 23.4 Å². The molecule has 0 saturated heterocycles. The lowest BCUT2D eigenvalue weighted by Gasteiger charge is -2.07. The molecule has 3 aromatic carbocycles. The van der Waals surface area contributed by atoms with Crippen LogP contribution >= 0.6 is 0 Å². The number of carbonyl (C=O) groups is 2. The zero-order valence-electron chi connectivity index (χ0n) is 16.9. The van der Waals surface area contributed by atoms with Crippen LogP contribution in [0.1, 0.15) is 28.5 Å². The zero-order chi connectivity index (χ0) is 22.0. The lowest BCUT2D eigenvalue weighted by molar-refractivity contribution is -0.114. The Bertz CT molecular complexity index is 1370. The quantitative estimate of drug-likeness (QED) is 0.498. The molecule has 152 valence electrons. The molecule has 4 aromatic rings. The highest BCUT2D eigenvalue weighted by Gasteiger charge is 2.18. The van der Waals surface area contributed by atoms with Crippen LogP contribution in [0.2, 0.25) is 0 Å². The number of aryl methyl sites for hydroxylation is 1. The van der Waals surface area contributed by atoms with Crippen molar-refractivity contribution in [2.45, 2.75) is 13.8 Å². The topological polar surface area (TPSA) is 108 Å². The molecular weight excluding hydrogens is 392 g/mol. The highest BCUT2D eigenvalue weighted by atomic mass is 16.5. The Hall–Kier alpha value is -4.44. The van der Waals surface area contributed by atoms with Crippen LogP contribution in [-0.4, -0.2) is 17.0 Å². The molecule has 0 aliphatic carbocycles. The maximum Gasteiger partial charge on any atom is 0.278 e. The Kier molecular flexibility index (Phi) is 5.21. The number of nitrogens with one attached hydrogen (secondary N) is 2. The second kappa shape index (κ2) is 8.13. The van der Waals surface area contributed by atoms with Crippen molar-refractivity contribution in [1.29, 1.82) is 5.26 Å². The maximum atomic E-state index is 12.8. The van der Waals surface area contributed by atoms with Crippen molar-refractivity contribution in [1.82, 2.24) is 5.16 Å². The molecule has 0 radical (unpaired) electrons. The zero-order valence-corrected chi connectivity index (χ0v) is 16.9. The van der Waals surface area contributed by atoms with Gasteiger partial charge >= 0.3 is 0 Å². The van der Waals surface area contributed by atoms with Gasteiger partial charge in [0.05, 0.1) is 17.0 Å². The van der Waals surface area contributed by atoms with Crippen molar-refractivity contribution in [2.75, 3.05) is 10.6 Å². The Balaban J connectivity index is 1.61. The number of anilines is 2. The van der Waals surface area contributed by atoms with E-state index >= 15 is 0 Å². The molecule has 2 N–H and O–H groups in total. The van der Waals surface area contributed by atoms with Crippen molar-refractivity contribution in [3.63, 3.8) is 0 Å². The third kappa shape index (κ3) is 4.14. The summed E-state index contributed by atoms with van der Waals surface area (Å²) in [5.74, 6) is -0.539. The van der Waals surface area contributed by atoms with E-state index in [4.69, 9.17) is 9.78 Å². The lowest BCUT2D eigenvalue weighted by atomic mass is 10.0. The maximum absolute atomic E-state index is 12.8. The Labute approximate surface area is 178 Å². The van der Waals surface area contributed by atoms with Crippen molar-refractivity contribution < 1.29 is 14.1 Å². The minimum absolute atomic E-state index is 0.143. The summed E-state index contributed by atoms with van der Waals surface area (Å²) in [7, 11) is 0. The first-order chi connectivity index (χ1) is 14.9. The molecule has 7 nitrogen and oxygen atoms in total. The van der Waals surface area contributed by atoms with E-state index in [1.165, 1.54) is 6.92 Å². The average Bonchev–Trinajstić information content (AvgIpc) is 3.18. The number of amides is 2. The summed E-state index contributed by atoms with van der Waals surface area (Å²) >= 11 is 0. The van der Waals surface area contributed by atoms with Crippen molar-refractivity contribution in [3.8, 4) is 17.2 Å². The summed E-state index contributed by atoms with van der Waals surface area (Å²) in [6, 6.07) is 20.0. The monoisotopic (exact) mass is 410 g/mol. The predicted molar refractivity (Wildman–Crippen MR) is 118 cm³/mol.